The summed E-state index contributed by atoms with van der Waals surface area (Å²) in [7, 11) is 0. The third-order valence-electron chi connectivity index (χ3n) is 3.82. The van der Waals surface area contributed by atoms with Crippen molar-refractivity contribution >= 4 is 5.91 Å². The fraction of sp³-hybridized carbons (Fsp3) is 0.278. The molecule has 1 heterocycles. The molecule has 0 aliphatic carbocycles. The summed E-state index contributed by atoms with van der Waals surface area (Å²) < 4.78 is 18.7. The van der Waals surface area contributed by atoms with Gasteiger partial charge in [0.05, 0.1) is 5.56 Å². The largest absolute Gasteiger partial charge is 0.488 e. The van der Waals surface area contributed by atoms with Crippen LogP contribution >= 0.6 is 0 Å². The van der Waals surface area contributed by atoms with Crippen molar-refractivity contribution < 1.29 is 13.9 Å². The molecule has 1 aliphatic heterocycles. The van der Waals surface area contributed by atoms with E-state index in [2.05, 4.69) is 0 Å². The number of ether oxygens (including phenoxy) is 1. The lowest BCUT2D eigenvalue weighted by molar-refractivity contribution is 0.0788. The van der Waals surface area contributed by atoms with Crippen LogP contribution in [0.5, 0.6) is 5.75 Å². The number of benzene rings is 2. The average molecular weight is 299 g/mol. The molecular weight excluding hydrogens is 281 g/mol. The van der Waals surface area contributed by atoms with E-state index in [4.69, 9.17) is 4.74 Å². The number of hydrogen-bond donors (Lipinski definition) is 0. The van der Waals surface area contributed by atoms with Gasteiger partial charge >= 0.3 is 0 Å². The van der Waals surface area contributed by atoms with E-state index in [0.717, 1.165) is 31.5 Å². The maximum absolute atomic E-state index is 12.9. The smallest absolute Gasteiger partial charge is 0.257 e. The van der Waals surface area contributed by atoms with Crippen LogP contribution in [0.25, 0.3) is 0 Å². The van der Waals surface area contributed by atoms with Crippen LogP contribution in [0, 0.1) is 5.82 Å². The molecule has 0 aromatic heterocycles. The molecule has 1 saturated heterocycles. The van der Waals surface area contributed by atoms with Crippen LogP contribution in [-0.2, 0) is 6.61 Å². The van der Waals surface area contributed by atoms with Gasteiger partial charge in [0.25, 0.3) is 5.91 Å². The van der Waals surface area contributed by atoms with Crippen LogP contribution < -0.4 is 4.74 Å². The van der Waals surface area contributed by atoms with Crippen LogP contribution in [0.3, 0.4) is 0 Å². The van der Waals surface area contributed by atoms with Crippen molar-refractivity contribution in [1.82, 2.24) is 4.90 Å². The van der Waals surface area contributed by atoms with Gasteiger partial charge in [0.1, 0.15) is 18.2 Å². The van der Waals surface area contributed by atoms with Crippen LogP contribution in [0.2, 0.25) is 0 Å². The standard InChI is InChI=1S/C18H18FNO2/c19-15-9-7-14(8-10-15)13-22-17-6-2-1-5-16(17)18(21)20-11-3-4-12-20/h1-2,5-10H,3-4,11-13H2. The summed E-state index contributed by atoms with van der Waals surface area (Å²) in [6.07, 6.45) is 2.12. The first-order chi connectivity index (χ1) is 10.7. The van der Waals surface area contributed by atoms with Gasteiger partial charge in [-0.25, -0.2) is 4.39 Å². The highest BCUT2D eigenvalue weighted by molar-refractivity contribution is 5.97. The molecule has 22 heavy (non-hydrogen) atoms. The van der Waals surface area contributed by atoms with Gasteiger partial charge in [-0.2, -0.15) is 0 Å². The highest BCUT2D eigenvalue weighted by atomic mass is 19.1. The molecule has 0 radical (unpaired) electrons. The Kier molecular flexibility index (Phi) is 4.37. The van der Waals surface area contributed by atoms with E-state index in [9.17, 15) is 9.18 Å². The Bertz CT molecular complexity index is 648. The lowest BCUT2D eigenvalue weighted by Crippen LogP contribution is -2.28. The topological polar surface area (TPSA) is 29.5 Å². The van der Waals surface area contributed by atoms with Gasteiger partial charge < -0.3 is 9.64 Å². The summed E-state index contributed by atoms with van der Waals surface area (Å²) >= 11 is 0. The van der Waals surface area contributed by atoms with E-state index >= 15 is 0 Å². The molecule has 0 spiro atoms. The molecule has 0 N–H and O–H groups in total. The van der Waals surface area contributed by atoms with Crippen molar-refractivity contribution in [3.05, 3.63) is 65.5 Å². The molecule has 3 rings (SSSR count). The number of amides is 1. The number of likely N-dealkylation sites (tertiary alicyclic amines) is 1. The molecule has 2 aromatic rings. The third kappa shape index (κ3) is 3.27. The number of para-hydroxylation sites is 1. The SMILES string of the molecule is O=C(c1ccccc1OCc1ccc(F)cc1)N1CCCC1. The van der Waals surface area contributed by atoms with E-state index in [1.165, 1.54) is 12.1 Å². The van der Waals surface area contributed by atoms with Gasteiger partial charge in [-0.05, 0) is 42.7 Å². The summed E-state index contributed by atoms with van der Waals surface area (Å²) in [4.78, 5) is 14.4. The molecule has 0 bridgehead atoms. The molecular formula is C18H18FNO2. The number of hydrogen-bond acceptors (Lipinski definition) is 2. The van der Waals surface area contributed by atoms with E-state index in [0.29, 0.717) is 17.9 Å². The summed E-state index contributed by atoms with van der Waals surface area (Å²) in [5, 5.41) is 0. The van der Waals surface area contributed by atoms with Crippen LogP contribution in [0.1, 0.15) is 28.8 Å². The maximum atomic E-state index is 12.9. The molecule has 114 valence electrons. The minimum Gasteiger partial charge on any atom is -0.488 e. The molecule has 1 aliphatic rings. The number of nitrogens with zero attached hydrogens (tertiary/aromatic N) is 1. The van der Waals surface area contributed by atoms with Crippen molar-refractivity contribution in [2.24, 2.45) is 0 Å². The average Bonchev–Trinajstić information content (AvgIpc) is 3.08. The second kappa shape index (κ2) is 6.60. The molecule has 3 nitrogen and oxygen atoms in total. The fourth-order valence-electron chi connectivity index (χ4n) is 2.60. The van der Waals surface area contributed by atoms with Gasteiger partial charge in [0.2, 0.25) is 0 Å². The number of halogens is 1. The van der Waals surface area contributed by atoms with Crippen molar-refractivity contribution in [2.45, 2.75) is 19.4 Å². The van der Waals surface area contributed by atoms with Gasteiger partial charge in [-0.1, -0.05) is 24.3 Å². The normalized spacial score (nSPS) is 14.1. The van der Waals surface area contributed by atoms with Gasteiger partial charge in [-0.3, -0.25) is 4.79 Å². The van der Waals surface area contributed by atoms with Crippen molar-refractivity contribution in [1.29, 1.82) is 0 Å². The zero-order chi connectivity index (χ0) is 15.4. The van der Waals surface area contributed by atoms with Gasteiger partial charge in [-0.15, -0.1) is 0 Å². The lowest BCUT2D eigenvalue weighted by Gasteiger charge is -2.17. The first-order valence-corrected chi connectivity index (χ1v) is 7.49. The third-order valence-corrected chi connectivity index (χ3v) is 3.82. The molecule has 0 saturated carbocycles. The van der Waals surface area contributed by atoms with Crippen molar-refractivity contribution in [3.63, 3.8) is 0 Å². The minimum absolute atomic E-state index is 0.0206. The Morgan fingerprint density at radius 3 is 2.45 bits per heavy atom. The zero-order valence-corrected chi connectivity index (χ0v) is 12.3. The summed E-state index contributed by atoms with van der Waals surface area (Å²) in [5.74, 6) is 0.323. The van der Waals surface area contributed by atoms with E-state index in [1.807, 2.05) is 17.0 Å². The lowest BCUT2D eigenvalue weighted by atomic mass is 10.1. The monoisotopic (exact) mass is 299 g/mol. The fourth-order valence-corrected chi connectivity index (χ4v) is 2.60. The molecule has 0 atom stereocenters. The van der Waals surface area contributed by atoms with Crippen molar-refractivity contribution in [3.8, 4) is 5.75 Å². The Labute approximate surface area is 129 Å². The predicted molar refractivity (Wildman–Crippen MR) is 82.3 cm³/mol. The van der Waals surface area contributed by atoms with Crippen LogP contribution in [0.15, 0.2) is 48.5 Å². The highest BCUT2D eigenvalue weighted by Crippen LogP contribution is 2.23. The number of carbonyl (C=O) groups is 1. The number of carbonyl (C=O) groups excluding carboxylic acids is 1. The van der Waals surface area contributed by atoms with E-state index < -0.39 is 0 Å². The Morgan fingerprint density at radius 1 is 1.05 bits per heavy atom. The summed E-state index contributed by atoms with van der Waals surface area (Å²) in [6.45, 7) is 1.93. The maximum Gasteiger partial charge on any atom is 0.257 e. The first-order valence-electron chi connectivity index (χ1n) is 7.49. The van der Waals surface area contributed by atoms with Gasteiger partial charge in [0.15, 0.2) is 0 Å². The predicted octanol–water partition coefficient (Wildman–Crippen LogP) is 3.64. The second-order valence-corrected chi connectivity index (χ2v) is 5.41. The number of rotatable bonds is 4. The summed E-state index contributed by atoms with van der Waals surface area (Å²) in [6, 6.07) is 13.4. The van der Waals surface area contributed by atoms with E-state index in [-0.39, 0.29) is 11.7 Å². The Balaban J connectivity index is 1.73. The molecule has 4 heteroatoms. The first kappa shape index (κ1) is 14.6. The van der Waals surface area contributed by atoms with E-state index in [1.54, 1.807) is 24.3 Å². The molecule has 2 aromatic carbocycles. The van der Waals surface area contributed by atoms with Crippen molar-refractivity contribution in [2.75, 3.05) is 13.1 Å². The molecule has 1 fully saturated rings. The molecule has 1 amide bonds. The second-order valence-electron chi connectivity index (χ2n) is 5.41. The van der Waals surface area contributed by atoms with Crippen LogP contribution in [0.4, 0.5) is 4.39 Å². The van der Waals surface area contributed by atoms with Gasteiger partial charge in [0, 0.05) is 13.1 Å². The Hall–Kier alpha value is -2.36. The minimum atomic E-state index is -0.270. The quantitative estimate of drug-likeness (QED) is 0.862. The molecule has 0 unspecified atom stereocenters. The Morgan fingerprint density at radius 2 is 1.73 bits per heavy atom. The summed E-state index contributed by atoms with van der Waals surface area (Å²) in [5.41, 5.74) is 1.45. The zero-order valence-electron chi connectivity index (χ0n) is 12.3. The van der Waals surface area contributed by atoms with Crippen LogP contribution in [-0.4, -0.2) is 23.9 Å². The highest BCUT2D eigenvalue weighted by Gasteiger charge is 2.22.